The number of oxime groups is 1. The first-order valence-electron chi connectivity index (χ1n) is 19.6. The van der Waals surface area contributed by atoms with Crippen molar-refractivity contribution in [1.82, 2.24) is 29.9 Å². The van der Waals surface area contributed by atoms with E-state index in [4.69, 9.17) is 15.3 Å². The van der Waals surface area contributed by atoms with Crippen molar-refractivity contribution in [3.8, 4) is 0 Å². The first-order chi connectivity index (χ1) is 29.9. The van der Waals surface area contributed by atoms with Crippen LogP contribution in [0.5, 0.6) is 0 Å². The first kappa shape index (κ1) is 43.8. The minimum atomic E-state index is -1.34. The lowest BCUT2D eigenvalue weighted by Gasteiger charge is -2.50. The second kappa shape index (κ2) is 19.2. The molecule has 0 aliphatic carbocycles. The maximum Gasteiger partial charge on any atom is 0.407 e. The minimum absolute atomic E-state index is 0.0894. The van der Waals surface area contributed by atoms with E-state index >= 15 is 0 Å². The Morgan fingerprint density at radius 2 is 1.60 bits per heavy atom. The summed E-state index contributed by atoms with van der Waals surface area (Å²) in [5.41, 5.74) is 6.64. The van der Waals surface area contributed by atoms with Gasteiger partial charge < -0.3 is 31.0 Å². The van der Waals surface area contributed by atoms with Crippen LogP contribution in [0.2, 0.25) is 0 Å². The van der Waals surface area contributed by atoms with Gasteiger partial charge in [-0.05, 0) is 45.2 Å². The largest absolute Gasteiger partial charge is 0.477 e. The minimum Gasteiger partial charge on any atom is -0.477 e. The Balaban J connectivity index is 1.10. The van der Waals surface area contributed by atoms with Gasteiger partial charge in [0.15, 0.2) is 5.13 Å². The molecule has 4 heterocycles. The van der Waals surface area contributed by atoms with Crippen molar-refractivity contribution in [2.24, 2.45) is 5.16 Å². The number of ether oxygens (including phenoxy) is 1. The third kappa shape index (κ3) is 9.77. The number of alkyl carbamates (subject to hydrolysis) is 1. The molecule has 3 amide bonds. The molecule has 1 fully saturated rings. The van der Waals surface area contributed by atoms with Crippen LogP contribution in [0.15, 0.2) is 130 Å². The van der Waals surface area contributed by atoms with Crippen LogP contribution >= 0.6 is 35.1 Å². The highest BCUT2D eigenvalue weighted by molar-refractivity contribution is 8.03. The molecule has 320 valence electrons. The molecule has 0 spiro atoms. The highest BCUT2D eigenvalue weighted by atomic mass is 32.2. The Hall–Kier alpha value is -6.24. The van der Waals surface area contributed by atoms with Gasteiger partial charge in [-0.1, -0.05) is 108 Å². The van der Waals surface area contributed by atoms with Crippen molar-refractivity contribution in [2.75, 3.05) is 18.0 Å². The van der Waals surface area contributed by atoms with E-state index in [2.05, 4.69) is 30.1 Å². The monoisotopic (exact) mass is 892 g/mol. The lowest BCUT2D eigenvalue weighted by Crippen LogP contribution is -2.72. The molecule has 18 heteroatoms. The number of carboxylic acid groups (broad SMARTS) is 1. The molecule has 0 bridgehead atoms. The van der Waals surface area contributed by atoms with Gasteiger partial charge >= 0.3 is 12.1 Å². The van der Waals surface area contributed by atoms with Gasteiger partial charge in [0.05, 0.1) is 6.04 Å². The van der Waals surface area contributed by atoms with Gasteiger partial charge in [0, 0.05) is 68.5 Å². The van der Waals surface area contributed by atoms with Crippen LogP contribution in [-0.4, -0.2) is 83.9 Å². The topological polar surface area (TPSA) is 211 Å². The normalized spacial score (nSPS) is 16.5. The Morgan fingerprint density at radius 1 is 0.968 bits per heavy atom. The molecule has 2 aliphatic rings. The first-order valence-corrected chi connectivity index (χ1v) is 22.4. The number of anilines is 1. The molecular formula is C44H44N8O7S3. The number of benzene rings is 3. The van der Waals surface area contributed by atoms with Crippen molar-refractivity contribution in [1.29, 1.82) is 0 Å². The summed E-state index contributed by atoms with van der Waals surface area (Å²) in [5, 5.41) is 20.6. The molecule has 62 heavy (non-hydrogen) atoms. The van der Waals surface area contributed by atoms with Gasteiger partial charge in [-0.2, -0.15) is 21.1 Å². The third-order valence-electron chi connectivity index (χ3n) is 9.83. The van der Waals surface area contributed by atoms with Crippen molar-refractivity contribution in [3.63, 3.8) is 0 Å². The second-order valence-electron chi connectivity index (χ2n) is 15.2. The van der Waals surface area contributed by atoms with Crippen LogP contribution in [-0.2, 0) is 35.3 Å². The molecule has 0 radical (unpaired) electrons. The number of pyridine rings is 1. The summed E-state index contributed by atoms with van der Waals surface area (Å²) >= 11 is 3.73. The number of carbonyl (C=O) groups excluding carboxylic acids is 3. The summed E-state index contributed by atoms with van der Waals surface area (Å²) in [6, 6.07) is 28.5. The molecule has 3 aromatic carbocycles. The number of nitrogens with one attached hydrogen (secondary N) is 2. The maximum atomic E-state index is 14.3. The van der Waals surface area contributed by atoms with Gasteiger partial charge in [-0.3, -0.25) is 19.5 Å². The lowest BCUT2D eigenvalue weighted by atomic mass is 9.80. The fourth-order valence-corrected chi connectivity index (χ4v) is 9.64. The van der Waals surface area contributed by atoms with Crippen LogP contribution in [0, 0.1) is 0 Å². The van der Waals surface area contributed by atoms with Gasteiger partial charge in [0.1, 0.15) is 17.3 Å². The number of aromatic nitrogens is 3. The Morgan fingerprint density at radius 3 is 2.16 bits per heavy atom. The number of carbonyl (C=O) groups is 4. The number of carboxylic acids is 1. The molecule has 7 rings (SSSR count). The number of rotatable bonds is 16. The number of thioether (sulfide) groups is 2. The van der Waals surface area contributed by atoms with Crippen molar-refractivity contribution in [2.45, 2.75) is 67.5 Å². The molecule has 2 aliphatic heterocycles. The number of amides is 3. The van der Waals surface area contributed by atoms with Gasteiger partial charge in [0.25, 0.3) is 11.8 Å². The van der Waals surface area contributed by atoms with Crippen molar-refractivity contribution < 1.29 is 33.9 Å². The standard InChI is InChI=1S/C44H44N8O7S3/c1-43(2,3)58-42(57)47-23-24-60-26-27-25-46-22-21-32(27)61-33-20-19-31-34(39(54)52(31)36(33)40(55)56)48-38(53)35(37-49-41(45)62-51-37)50-59-44(28-13-7-4-8-14-28,29-15-9-5-10-16-29)30-17-11-6-12-18-30/h4-18,21-22,25,31,34H,19-20,23-24,26H2,1-3H3,(H,47,57)(H,48,53)(H,55,56)(H2,45,49,51). The van der Waals surface area contributed by atoms with E-state index in [-0.39, 0.29) is 22.4 Å². The Labute approximate surface area is 370 Å². The lowest BCUT2D eigenvalue weighted by molar-refractivity contribution is -0.155. The summed E-state index contributed by atoms with van der Waals surface area (Å²) in [6.07, 6.45) is 3.58. The predicted molar refractivity (Wildman–Crippen MR) is 238 cm³/mol. The number of nitrogens with zero attached hydrogens (tertiary/aromatic N) is 5. The zero-order valence-electron chi connectivity index (χ0n) is 34.0. The number of β-lactam (4-membered cyclic amide) rings is 1. The van der Waals surface area contributed by atoms with Crippen LogP contribution in [0.25, 0.3) is 0 Å². The Bertz CT molecular complexity index is 2380. The number of aliphatic carboxylic acids is 1. The average Bonchev–Trinajstić information content (AvgIpc) is 3.70. The van der Waals surface area contributed by atoms with Crippen molar-refractivity contribution >= 4 is 69.8 Å². The fraction of sp³-hybridized carbons (Fsp3) is 0.273. The molecule has 0 saturated carbocycles. The maximum absolute atomic E-state index is 14.3. The van der Waals surface area contributed by atoms with E-state index in [1.807, 2.05) is 97.1 Å². The molecule has 2 unspecified atom stereocenters. The number of fused-ring (bicyclic) bond motifs is 1. The molecule has 2 aromatic heterocycles. The predicted octanol–water partition coefficient (Wildman–Crippen LogP) is 6.56. The second-order valence-corrected chi connectivity index (χ2v) is 18.2. The number of hydrogen-bond acceptors (Lipinski definition) is 14. The van der Waals surface area contributed by atoms with E-state index in [1.54, 1.807) is 44.9 Å². The molecular weight excluding hydrogens is 849 g/mol. The SMILES string of the molecule is CC(C)(C)OC(=O)NCCSCc1cnccc1SC1=C(C(=O)O)N2C(=O)C(NC(=O)C(=NOC(c3ccccc3)(c3ccccc3)c3ccccc3)c3nsc(N)n3)C2CC1. The third-order valence-corrected chi connectivity index (χ3v) is 12.6. The average molecular weight is 893 g/mol. The van der Waals surface area contributed by atoms with E-state index < -0.39 is 47.2 Å². The summed E-state index contributed by atoms with van der Waals surface area (Å²) in [5.74, 6) is -1.58. The zero-order chi connectivity index (χ0) is 43.9. The molecule has 5 N–H and O–H groups in total. The van der Waals surface area contributed by atoms with Gasteiger partial charge in [0.2, 0.25) is 17.1 Å². The molecule has 5 aromatic rings. The fourth-order valence-electron chi connectivity index (χ4n) is 7.12. The van der Waals surface area contributed by atoms with E-state index in [0.29, 0.717) is 35.8 Å². The van der Waals surface area contributed by atoms with Crippen LogP contribution in [0.1, 0.15) is 61.7 Å². The summed E-state index contributed by atoms with van der Waals surface area (Å²) in [4.78, 5) is 70.7. The summed E-state index contributed by atoms with van der Waals surface area (Å²) < 4.78 is 9.56. The Kier molecular flexibility index (Phi) is 13.6. The van der Waals surface area contributed by atoms with Crippen molar-refractivity contribution in [3.05, 3.63) is 148 Å². The highest BCUT2D eigenvalue weighted by Crippen LogP contribution is 2.45. The highest BCUT2D eigenvalue weighted by Gasteiger charge is 2.54. The number of hydrogen-bond donors (Lipinski definition) is 4. The van der Waals surface area contributed by atoms with Gasteiger partial charge in [-0.15, -0.1) is 0 Å². The molecule has 2 atom stereocenters. The van der Waals surface area contributed by atoms with Crippen LogP contribution in [0.3, 0.4) is 0 Å². The molecule has 15 nitrogen and oxygen atoms in total. The van der Waals surface area contributed by atoms with Gasteiger partial charge in [-0.25, -0.2) is 9.59 Å². The van der Waals surface area contributed by atoms with E-state index in [0.717, 1.165) is 38.7 Å². The zero-order valence-corrected chi connectivity index (χ0v) is 36.5. The summed E-state index contributed by atoms with van der Waals surface area (Å²) in [6.45, 7) is 5.79. The number of nitrogens with two attached hydrogens (primary N) is 1. The molecule has 1 saturated heterocycles. The quantitative estimate of drug-likeness (QED) is 0.0272. The number of nitrogen functional groups attached to an aromatic ring is 1. The van der Waals surface area contributed by atoms with Crippen LogP contribution < -0.4 is 16.4 Å². The van der Waals surface area contributed by atoms with E-state index in [9.17, 15) is 24.3 Å². The van der Waals surface area contributed by atoms with E-state index in [1.165, 1.54) is 16.7 Å². The summed E-state index contributed by atoms with van der Waals surface area (Å²) in [7, 11) is 0. The van der Waals surface area contributed by atoms with Crippen LogP contribution in [0.4, 0.5) is 9.93 Å². The number of allylic oxidation sites excluding steroid dienone is 1. The smallest absolute Gasteiger partial charge is 0.407 e.